The molecule has 1 heterocycles. The summed E-state index contributed by atoms with van der Waals surface area (Å²) in [5.41, 5.74) is 0.998. The van der Waals surface area contributed by atoms with Crippen LogP contribution in [-0.4, -0.2) is 11.0 Å². The topological polar surface area (TPSA) is 24.9 Å². The van der Waals surface area contributed by atoms with Gasteiger partial charge >= 0.3 is 0 Å². The first-order valence-electron chi connectivity index (χ1n) is 5.64. The number of thiazole rings is 1. The molecule has 0 amide bonds. The Morgan fingerprint density at radius 1 is 1.31 bits per heavy atom. The highest BCUT2D eigenvalue weighted by Crippen LogP contribution is 2.30. The minimum Gasteiger partial charge on any atom is -0.359 e. The van der Waals surface area contributed by atoms with E-state index in [4.69, 9.17) is 11.6 Å². The Labute approximate surface area is 104 Å². The SMILES string of the molecule is Clc1ccc2sc(NC3CCCC3)nc2c1. The lowest BCUT2D eigenvalue weighted by atomic mass is 10.3. The molecular weight excluding hydrogens is 240 g/mol. The number of rotatable bonds is 2. The lowest BCUT2D eigenvalue weighted by molar-refractivity contribution is 0.754. The van der Waals surface area contributed by atoms with Gasteiger partial charge in [0.15, 0.2) is 5.13 Å². The molecule has 1 aromatic heterocycles. The standard InChI is InChI=1S/C12H13ClN2S/c13-8-5-6-11-10(7-8)15-12(16-11)14-9-3-1-2-4-9/h5-7,9H,1-4H2,(H,14,15). The van der Waals surface area contributed by atoms with Crippen molar-refractivity contribution in [3.8, 4) is 0 Å². The highest BCUT2D eigenvalue weighted by atomic mass is 35.5. The van der Waals surface area contributed by atoms with Gasteiger partial charge in [0.05, 0.1) is 10.2 Å². The van der Waals surface area contributed by atoms with Crippen LogP contribution in [0, 0.1) is 0 Å². The Hall–Kier alpha value is -0.800. The smallest absolute Gasteiger partial charge is 0.184 e. The molecule has 0 bridgehead atoms. The third-order valence-electron chi connectivity index (χ3n) is 3.03. The van der Waals surface area contributed by atoms with Crippen molar-refractivity contribution in [3.63, 3.8) is 0 Å². The molecule has 1 fully saturated rings. The first-order chi connectivity index (χ1) is 7.81. The number of anilines is 1. The van der Waals surface area contributed by atoms with E-state index in [0.29, 0.717) is 6.04 Å². The van der Waals surface area contributed by atoms with Crippen LogP contribution in [-0.2, 0) is 0 Å². The number of hydrogen-bond donors (Lipinski definition) is 1. The van der Waals surface area contributed by atoms with Gasteiger partial charge in [0.1, 0.15) is 0 Å². The summed E-state index contributed by atoms with van der Waals surface area (Å²) in [6.07, 6.45) is 5.23. The van der Waals surface area contributed by atoms with Crippen molar-refractivity contribution in [2.45, 2.75) is 31.7 Å². The van der Waals surface area contributed by atoms with Crippen molar-refractivity contribution < 1.29 is 0 Å². The quantitative estimate of drug-likeness (QED) is 0.862. The largest absolute Gasteiger partial charge is 0.359 e. The third-order valence-corrected chi connectivity index (χ3v) is 4.24. The molecule has 1 aromatic carbocycles. The van der Waals surface area contributed by atoms with Gasteiger partial charge in [-0.3, -0.25) is 0 Å². The molecule has 84 valence electrons. The molecule has 1 aliphatic rings. The number of nitrogens with zero attached hydrogens (tertiary/aromatic N) is 1. The lowest BCUT2D eigenvalue weighted by Crippen LogP contribution is -2.13. The van der Waals surface area contributed by atoms with E-state index in [1.54, 1.807) is 11.3 Å². The molecule has 0 aliphatic heterocycles. The minimum atomic E-state index is 0.621. The first kappa shape index (κ1) is 10.4. The molecule has 2 aromatic rings. The van der Waals surface area contributed by atoms with Gasteiger partial charge in [0.2, 0.25) is 0 Å². The average molecular weight is 253 g/mol. The zero-order valence-electron chi connectivity index (χ0n) is 8.87. The number of nitrogens with one attached hydrogen (secondary N) is 1. The third kappa shape index (κ3) is 2.02. The van der Waals surface area contributed by atoms with Gasteiger partial charge in [-0.2, -0.15) is 0 Å². The van der Waals surface area contributed by atoms with Crippen LogP contribution in [0.5, 0.6) is 0 Å². The van der Waals surface area contributed by atoms with Crippen molar-refractivity contribution in [1.82, 2.24) is 4.98 Å². The van der Waals surface area contributed by atoms with E-state index in [2.05, 4.69) is 10.3 Å². The fourth-order valence-corrected chi connectivity index (χ4v) is 3.30. The summed E-state index contributed by atoms with van der Waals surface area (Å²) >= 11 is 7.65. The first-order valence-corrected chi connectivity index (χ1v) is 6.83. The highest BCUT2D eigenvalue weighted by Gasteiger charge is 2.16. The normalized spacial score (nSPS) is 17.1. The zero-order chi connectivity index (χ0) is 11.0. The van der Waals surface area contributed by atoms with E-state index in [1.165, 1.54) is 30.4 Å². The number of fused-ring (bicyclic) bond motifs is 1. The molecule has 4 heteroatoms. The molecule has 0 saturated heterocycles. The van der Waals surface area contributed by atoms with Gasteiger partial charge in [-0.1, -0.05) is 35.8 Å². The lowest BCUT2D eigenvalue weighted by Gasteiger charge is -2.09. The molecule has 0 atom stereocenters. The molecule has 1 aliphatic carbocycles. The summed E-state index contributed by atoms with van der Waals surface area (Å²) in [5.74, 6) is 0. The van der Waals surface area contributed by atoms with E-state index in [9.17, 15) is 0 Å². The second-order valence-corrected chi connectivity index (χ2v) is 5.72. The second-order valence-electron chi connectivity index (χ2n) is 4.26. The fourth-order valence-electron chi connectivity index (χ4n) is 2.21. The van der Waals surface area contributed by atoms with Crippen LogP contribution in [0.25, 0.3) is 10.2 Å². The number of halogens is 1. The van der Waals surface area contributed by atoms with Crippen LogP contribution in [0.1, 0.15) is 25.7 Å². The molecule has 0 spiro atoms. The maximum Gasteiger partial charge on any atom is 0.184 e. The predicted molar refractivity (Wildman–Crippen MR) is 70.5 cm³/mol. The average Bonchev–Trinajstić information content (AvgIpc) is 2.86. The Balaban J connectivity index is 1.86. The Kier molecular flexibility index (Phi) is 2.74. The van der Waals surface area contributed by atoms with Crippen molar-refractivity contribution in [3.05, 3.63) is 23.2 Å². The maximum absolute atomic E-state index is 5.94. The van der Waals surface area contributed by atoms with Gasteiger partial charge in [-0.25, -0.2) is 4.98 Å². The molecule has 1 saturated carbocycles. The zero-order valence-corrected chi connectivity index (χ0v) is 10.4. The van der Waals surface area contributed by atoms with Crippen LogP contribution in [0.15, 0.2) is 18.2 Å². The minimum absolute atomic E-state index is 0.621. The number of benzene rings is 1. The van der Waals surface area contributed by atoms with Crippen LogP contribution in [0.2, 0.25) is 5.02 Å². The van der Waals surface area contributed by atoms with Gasteiger partial charge in [-0.05, 0) is 31.0 Å². The van der Waals surface area contributed by atoms with Crippen LogP contribution in [0.3, 0.4) is 0 Å². The molecule has 16 heavy (non-hydrogen) atoms. The molecule has 0 unspecified atom stereocenters. The van der Waals surface area contributed by atoms with Gasteiger partial charge in [-0.15, -0.1) is 0 Å². The maximum atomic E-state index is 5.94. The molecule has 0 radical (unpaired) electrons. The monoisotopic (exact) mass is 252 g/mol. The summed E-state index contributed by atoms with van der Waals surface area (Å²) in [4.78, 5) is 4.56. The van der Waals surface area contributed by atoms with E-state index < -0.39 is 0 Å². The van der Waals surface area contributed by atoms with E-state index in [-0.39, 0.29) is 0 Å². The number of hydrogen-bond acceptors (Lipinski definition) is 3. The highest BCUT2D eigenvalue weighted by molar-refractivity contribution is 7.22. The summed E-state index contributed by atoms with van der Waals surface area (Å²) in [6.45, 7) is 0. The van der Waals surface area contributed by atoms with Crippen LogP contribution in [0.4, 0.5) is 5.13 Å². The molecule has 2 nitrogen and oxygen atoms in total. The predicted octanol–water partition coefficient (Wildman–Crippen LogP) is 4.30. The summed E-state index contributed by atoms with van der Waals surface area (Å²) in [7, 11) is 0. The summed E-state index contributed by atoms with van der Waals surface area (Å²) in [5, 5.41) is 5.30. The number of aromatic nitrogens is 1. The van der Waals surface area contributed by atoms with Crippen LogP contribution < -0.4 is 5.32 Å². The summed E-state index contributed by atoms with van der Waals surface area (Å²) < 4.78 is 1.20. The molecular formula is C12H13ClN2S. The molecule has 3 rings (SSSR count). The summed E-state index contributed by atoms with van der Waals surface area (Å²) in [6, 6.07) is 6.50. The van der Waals surface area contributed by atoms with Gasteiger partial charge in [0, 0.05) is 11.1 Å². The van der Waals surface area contributed by atoms with E-state index >= 15 is 0 Å². The van der Waals surface area contributed by atoms with Crippen molar-refractivity contribution in [2.75, 3.05) is 5.32 Å². The van der Waals surface area contributed by atoms with Crippen molar-refractivity contribution in [2.24, 2.45) is 0 Å². The second kappa shape index (κ2) is 4.22. The van der Waals surface area contributed by atoms with Gasteiger partial charge < -0.3 is 5.32 Å². The van der Waals surface area contributed by atoms with Gasteiger partial charge in [0.25, 0.3) is 0 Å². The Morgan fingerprint density at radius 2 is 2.12 bits per heavy atom. The van der Waals surface area contributed by atoms with E-state index in [0.717, 1.165) is 15.7 Å². The molecule has 1 N–H and O–H groups in total. The van der Waals surface area contributed by atoms with Crippen molar-refractivity contribution in [1.29, 1.82) is 0 Å². The Morgan fingerprint density at radius 3 is 2.94 bits per heavy atom. The van der Waals surface area contributed by atoms with Crippen molar-refractivity contribution >= 4 is 38.3 Å². The van der Waals surface area contributed by atoms with Crippen LogP contribution >= 0.6 is 22.9 Å². The fraction of sp³-hybridized carbons (Fsp3) is 0.417. The Bertz CT molecular complexity index is 503. The van der Waals surface area contributed by atoms with E-state index in [1.807, 2.05) is 18.2 Å².